The average Bonchev–Trinajstić information content (AvgIpc) is 2.58. The van der Waals surface area contributed by atoms with Gasteiger partial charge in [0.15, 0.2) is 12.1 Å². The number of aliphatic carboxylic acids is 1. The highest BCUT2D eigenvalue weighted by Crippen LogP contribution is 2.17. The molecule has 1 amide bonds. The maximum atomic E-state index is 12.5. The Balaban J connectivity index is 2.11. The van der Waals surface area contributed by atoms with Crippen molar-refractivity contribution in [3.8, 4) is 5.75 Å². The van der Waals surface area contributed by atoms with Crippen LogP contribution in [0.1, 0.15) is 30.5 Å². The van der Waals surface area contributed by atoms with Crippen LogP contribution < -0.4 is 10.1 Å². The number of carboxylic acids is 1. The van der Waals surface area contributed by atoms with Gasteiger partial charge in [-0.1, -0.05) is 49.4 Å². The van der Waals surface area contributed by atoms with Crippen molar-refractivity contribution in [2.45, 2.75) is 32.4 Å². The van der Waals surface area contributed by atoms with Crippen molar-refractivity contribution in [1.82, 2.24) is 5.32 Å². The lowest BCUT2D eigenvalue weighted by molar-refractivity contribution is -0.143. The molecular formula is C19H21NO4. The largest absolute Gasteiger partial charge is 0.481 e. The summed E-state index contributed by atoms with van der Waals surface area (Å²) in [6.07, 6.45) is -0.321. The molecule has 126 valence electrons. The van der Waals surface area contributed by atoms with E-state index in [4.69, 9.17) is 4.74 Å². The molecule has 2 aromatic carbocycles. The molecule has 1 unspecified atom stereocenters. The molecule has 5 nitrogen and oxygen atoms in total. The molecule has 0 spiro atoms. The molecule has 0 heterocycles. The van der Waals surface area contributed by atoms with Gasteiger partial charge in [-0.25, -0.2) is 4.79 Å². The maximum absolute atomic E-state index is 12.5. The smallest absolute Gasteiger partial charge is 0.330 e. The number of ether oxygens (including phenoxy) is 1. The first kappa shape index (κ1) is 17.5. The molecule has 2 atom stereocenters. The Morgan fingerprint density at radius 2 is 1.83 bits per heavy atom. The minimum atomic E-state index is -1.11. The van der Waals surface area contributed by atoms with Crippen LogP contribution in [0.15, 0.2) is 54.6 Å². The lowest BCUT2D eigenvalue weighted by Gasteiger charge is -2.21. The van der Waals surface area contributed by atoms with Crippen LogP contribution in [0.5, 0.6) is 5.75 Å². The standard InChI is InChI=1S/C19H21NO4/c1-3-16(24-15-11-7-8-13(2)12-15)18(21)20-17(19(22)23)14-9-5-4-6-10-14/h4-12,16-17H,3H2,1-2H3,(H,20,21)(H,22,23)/t16?,17-/m0/s1. The van der Waals surface area contributed by atoms with Crippen LogP contribution in [0.2, 0.25) is 0 Å². The molecule has 0 radical (unpaired) electrons. The number of carbonyl (C=O) groups is 2. The number of amides is 1. The second-order valence-corrected chi connectivity index (χ2v) is 5.52. The third-order valence-corrected chi connectivity index (χ3v) is 3.60. The van der Waals surface area contributed by atoms with E-state index in [2.05, 4.69) is 5.32 Å². The molecule has 5 heteroatoms. The third-order valence-electron chi connectivity index (χ3n) is 3.60. The van der Waals surface area contributed by atoms with Gasteiger partial charge in [0.25, 0.3) is 5.91 Å². The SMILES string of the molecule is CCC(Oc1cccc(C)c1)C(=O)N[C@H](C(=O)O)c1ccccc1. The highest BCUT2D eigenvalue weighted by Gasteiger charge is 2.26. The summed E-state index contributed by atoms with van der Waals surface area (Å²) in [5.41, 5.74) is 1.54. The van der Waals surface area contributed by atoms with E-state index in [0.717, 1.165) is 5.56 Å². The van der Waals surface area contributed by atoms with Gasteiger partial charge in [-0.3, -0.25) is 4.79 Å². The van der Waals surface area contributed by atoms with E-state index in [1.54, 1.807) is 36.4 Å². The van der Waals surface area contributed by atoms with E-state index in [9.17, 15) is 14.7 Å². The Labute approximate surface area is 141 Å². The predicted octanol–water partition coefficient (Wildman–Crippen LogP) is 3.09. The molecule has 0 aliphatic heterocycles. The number of rotatable bonds is 7. The van der Waals surface area contributed by atoms with Crippen molar-refractivity contribution in [2.24, 2.45) is 0 Å². The van der Waals surface area contributed by atoms with Gasteiger partial charge < -0.3 is 15.2 Å². The number of hydrogen-bond donors (Lipinski definition) is 2. The number of benzene rings is 2. The van der Waals surface area contributed by atoms with Crippen molar-refractivity contribution >= 4 is 11.9 Å². The molecule has 0 aliphatic rings. The van der Waals surface area contributed by atoms with Gasteiger partial charge in [-0.05, 0) is 36.6 Å². The predicted molar refractivity (Wildman–Crippen MR) is 90.8 cm³/mol. The van der Waals surface area contributed by atoms with Gasteiger partial charge >= 0.3 is 5.97 Å². The van der Waals surface area contributed by atoms with Crippen molar-refractivity contribution in [3.63, 3.8) is 0 Å². The Bertz CT molecular complexity index is 700. The van der Waals surface area contributed by atoms with Gasteiger partial charge in [0.05, 0.1) is 0 Å². The minimum absolute atomic E-state index is 0.431. The first-order valence-corrected chi connectivity index (χ1v) is 7.82. The molecule has 0 saturated heterocycles. The van der Waals surface area contributed by atoms with E-state index in [-0.39, 0.29) is 0 Å². The number of aryl methyl sites for hydroxylation is 1. The average molecular weight is 327 g/mol. The Hall–Kier alpha value is -2.82. The van der Waals surface area contributed by atoms with Crippen molar-refractivity contribution in [2.75, 3.05) is 0 Å². The minimum Gasteiger partial charge on any atom is -0.481 e. The Morgan fingerprint density at radius 1 is 1.12 bits per heavy atom. The number of hydrogen-bond acceptors (Lipinski definition) is 3. The quantitative estimate of drug-likeness (QED) is 0.819. The third kappa shape index (κ3) is 4.59. The monoisotopic (exact) mass is 327 g/mol. The topological polar surface area (TPSA) is 75.6 Å². The summed E-state index contributed by atoms with van der Waals surface area (Å²) in [5.74, 6) is -0.973. The first-order chi connectivity index (χ1) is 11.5. The maximum Gasteiger partial charge on any atom is 0.330 e. The van der Waals surface area contributed by atoms with Gasteiger partial charge in [-0.15, -0.1) is 0 Å². The zero-order chi connectivity index (χ0) is 17.5. The van der Waals surface area contributed by atoms with Crippen LogP contribution >= 0.6 is 0 Å². The second-order valence-electron chi connectivity index (χ2n) is 5.52. The van der Waals surface area contributed by atoms with Crippen LogP contribution in [0, 0.1) is 6.92 Å². The molecule has 2 N–H and O–H groups in total. The van der Waals surface area contributed by atoms with Gasteiger partial charge in [-0.2, -0.15) is 0 Å². The summed E-state index contributed by atoms with van der Waals surface area (Å²) >= 11 is 0. The lowest BCUT2D eigenvalue weighted by atomic mass is 10.1. The molecular weight excluding hydrogens is 306 g/mol. The second kappa shape index (κ2) is 8.15. The molecule has 0 saturated carbocycles. The summed E-state index contributed by atoms with van der Waals surface area (Å²) in [7, 11) is 0. The van der Waals surface area contributed by atoms with Gasteiger partial charge in [0.2, 0.25) is 0 Å². The zero-order valence-corrected chi connectivity index (χ0v) is 13.7. The van der Waals surface area contributed by atoms with Crippen LogP contribution in [0.3, 0.4) is 0 Å². The highest BCUT2D eigenvalue weighted by molar-refractivity contribution is 5.87. The number of nitrogens with one attached hydrogen (secondary N) is 1. The van der Waals surface area contributed by atoms with Gasteiger partial charge in [0.1, 0.15) is 5.75 Å². The fraction of sp³-hybridized carbons (Fsp3) is 0.263. The van der Waals surface area contributed by atoms with Crippen LogP contribution in [-0.2, 0) is 9.59 Å². The number of carboxylic acid groups (broad SMARTS) is 1. The first-order valence-electron chi connectivity index (χ1n) is 7.82. The molecule has 0 aliphatic carbocycles. The van der Waals surface area contributed by atoms with E-state index >= 15 is 0 Å². The van der Waals surface area contributed by atoms with Crippen molar-refractivity contribution in [1.29, 1.82) is 0 Å². The molecule has 2 rings (SSSR count). The molecule has 0 fully saturated rings. The normalized spacial score (nSPS) is 12.9. The zero-order valence-electron chi connectivity index (χ0n) is 13.7. The van der Waals surface area contributed by atoms with E-state index in [1.165, 1.54) is 0 Å². The van der Waals surface area contributed by atoms with Crippen LogP contribution in [-0.4, -0.2) is 23.1 Å². The summed E-state index contributed by atoms with van der Waals surface area (Å²) < 4.78 is 5.72. The Morgan fingerprint density at radius 3 is 2.42 bits per heavy atom. The van der Waals surface area contributed by atoms with Crippen molar-refractivity contribution < 1.29 is 19.4 Å². The van der Waals surface area contributed by atoms with E-state index in [0.29, 0.717) is 17.7 Å². The fourth-order valence-corrected chi connectivity index (χ4v) is 2.34. The molecule has 24 heavy (non-hydrogen) atoms. The van der Waals surface area contributed by atoms with Gasteiger partial charge in [0, 0.05) is 0 Å². The fourth-order valence-electron chi connectivity index (χ4n) is 2.34. The van der Waals surface area contributed by atoms with Crippen LogP contribution in [0.25, 0.3) is 0 Å². The van der Waals surface area contributed by atoms with Crippen LogP contribution in [0.4, 0.5) is 0 Å². The summed E-state index contributed by atoms with van der Waals surface area (Å²) in [5, 5.41) is 12.0. The summed E-state index contributed by atoms with van der Waals surface area (Å²) in [4.78, 5) is 23.9. The Kier molecular flexibility index (Phi) is 5.95. The van der Waals surface area contributed by atoms with E-state index < -0.39 is 24.0 Å². The van der Waals surface area contributed by atoms with E-state index in [1.807, 2.05) is 32.0 Å². The van der Waals surface area contributed by atoms with Crippen molar-refractivity contribution in [3.05, 3.63) is 65.7 Å². The molecule has 0 aromatic heterocycles. The highest BCUT2D eigenvalue weighted by atomic mass is 16.5. The molecule has 2 aromatic rings. The lowest BCUT2D eigenvalue weighted by Crippen LogP contribution is -2.42. The summed E-state index contributed by atoms with van der Waals surface area (Å²) in [6, 6.07) is 14.9. The number of carbonyl (C=O) groups excluding carboxylic acids is 1. The summed E-state index contributed by atoms with van der Waals surface area (Å²) in [6.45, 7) is 3.75. The molecule has 0 bridgehead atoms.